The SMILES string of the molecule is CC(CN1C2CCNCC1CC2)c1ccccc1.Cl. The number of benzene rings is 1. The van der Waals surface area contributed by atoms with Gasteiger partial charge in [0.15, 0.2) is 0 Å². The van der Waals surface area contributed by atoms with Crippen molar-refractivity contribution in [3.63, 3.8) is 0 Å². The Morgan fingerprint density at radius 1 is 1.16 bits per heavy atom. The fourth-order valence-corrected chi connectivity index (χ4v) is 3.58. The van der Waals surface area contributed by atoms with Crippen LogP contribution < -0.4 is 5.32 Å². The van der Waals surface area contributed by atoms with E-state index in [-0.39, 0.29) is 12.4 Å². The van der Waals surface area contributed by atoms with Gasteiger partial charge in [-0.15, -0.1) is 12.4 Å². The molecule has 2 nitrogen and oxygen atoms in total. The zero-order valence-corrected chi connectivity index (χ0v) is 12.5. The van der Waals surface area contributed by atoms with E-state index in [0.717, 1.165) is 12.1 Å². The van der Waals surface area contributed by atoms with Crippen LogP contribution in [0.2, 0.25) is 0 Å². The number of fused-ring (bicyclic) bond motifs is 2. The van der Waals surface area contributed by atoms with Gasteiger partial charge in [-0.05, 0) is 37.3 Å². The summed E-state index contributed by atoms with van der Waals surface area (Å²) in [5, 5.41) is 3.58. The molecule has 2 fully saturated rings. The fourth-order valence-electron chi connectivity index (χ4n) is 3.58. The van der Waals surface area contributed by atoms with Gasteiger partial charge in [-0.2, -0.15) is 0 Å². The summed E-state index contributed by atoms with van der Waals surface area (Å²) in [5.74, 6) is 0.646. The summed E-state index contributed by atoms with van der Waals surface area (Å²) in [6, 6.07) is 12.6. The van der Waals surface area contributed by atoms with Crippen LogP contribution in [0.3, 0.4) is 0 Å². The molecule has 0 aliphatic carbocycles. The molecule has 2 saturated heterocycles. The molecule has 2 bridgehead atoms. The van der Waals surface area contributed by atoms with Gasteiger partial charge in [0.05, 0.1) is 0 Å². The van der Waals surface area contributed by atoms with Crippen LogP contribution in [0.4, 0.5) is 0 Å². The smallest absolute Gasteiger partial charge is 0.0224 e. The van der Waals surface area contributed by atoms with E-state index < -0.39 is 0 Å². The second-order valence-corrected chi connectivity index (χ2v) is 5.89. The molecule has 2 aliphatic heterocycles. The number of halogens is 1. The highest BCUT2D eigenvalue weighted by Crippen LogP contribution is 2.30. The van der Waals surface area contributed by atoms with Gasteiger partial charge in [-0.1, -0.05) is 37.3 Å². The molecule has 3 heteroatoms. The zero-order valence-electron chi connectivity index (χ0n) is 11.7. The fraction of sp³-hybridized carbons (Fsp3) is 0.625. The van der Waals surface area contributed by atoms with Gasteiger partial charge in [0.2, 0.25) is 0 Å². The molecule has 3 unspecified atom stereocenters. The first-order valence-corrected chi connectivity index (χ1v) is 7.36. The number of nitrogens with zero attached hydrogens (tertiary/aromatic N) is 1. The third-order valence-electron chi connectivity index (χ3n) is 4.66. The lowest BCUT2D eigenvalue weighted by Crippen LogP contribution is -2.40. The molecule has 3 atom stereocenters. The molecule has 2 aliphatic rings. The van der Waals surface area contributed by atoms with E-state index in [1.165, 1.54) is 44.5 Å². The molecule has 0 aromatic heterocycles. The Balaban J connectivity index is 0.00000133. The van der Waals surface area contributed by atoms with E-state index in [9.17, 15) is 0 Å². The van der Waals surface area contributed by atoms with Crippen molar-refractivity contribution in [2.45, 2.75) is 44.2 Å². The van der Waals surface area contributed by atoms with Crippen molar-refractivity contribution in [2.75, 3.05) is 19.6 Å². The van der Waals surface area contributed by atoms with Crippen molar-refractivity contribution in [1.82, 2.24) is 10.2 Å². The minimum atomic E-state index is 0. The Morgan fingerprint density at radius 3 is 2.68 bits per heavy atom. The average molecular weight is 281 g/mol. The molecule has 0 spiro atoms. The van der Waals surface area contributed by atoms with Crippen LogP contribution in [0.15, 0.2) is 30.3 Å². The molecule has 0 saturated carbocycles. The highest BCUT2D eigenvalue weighted by molar-refractivity contribution is 5.85. The maximum Gasteiger partial charge on any atom is 0.0224 e. The van der Waals surface area contributed by atoms with Crippen molar-refractivity contribution in [2.24, 2.45) is 0 Å². The van der Waals surface area contributed by atoms with Crippen molar-refractivity contribution in [3.8, 4) is 0 Å². The Morgan fingerprint density at radius 2 is 1.89 bits per heavy atom. The minimum absolute atomic E-state index is 0. The largest absolute Gasteiger partial charge is 0.315 e. The Labute approximate surface area is 123 Å². The summed E-state index contributed by atoms with van der Waals surface area (Å²) < 4.78 is 0. The summed E-state index contributed by atoms with van der Waals surface area (Å²) in [5.41, 5.74) is 1.48. The number of hydrogen-bond donors (Lipinski definition) is 1. The second-order valence-electron chi connectivity index (χ2n) is 5.89. The molecule has 0 radical (unpaired) electrons. The monoisotopic (exact) mass is 280 g/mol. The quantitative estimate of drug-likeness (QED) is 0.916. The molecule has 1 N–H and O–H groups in total. The van der Waals surface area contributed by atoms with Crippen LogP contribution in [0.1, 0.15) is 37.7 Å². The summed E-state index contributed by atoms with van der Waals surface area (Å²) in [4.78, 5) is 2.78. The lowest BCUT2D eigenvalue weighted by Gasteiger charge is -2.30. The van der Waals surface area contributed by atoms with E-state index in [4.69, 9.17) is 0 Å². The highest BCUT2D eigenvalue weighted by Gasteiger charge is 2.35. The van der Waals surface area contributed by atoms with E-state index in [0.29, 0.717) is 5.92 Å². The van der Waals surface area contributed by atoms with Crippen LogP contribution in [-0.2, 0) is 0 Å². The molecule has 3 rings (SSSR count). The van der Waals surface area contributed by atoms with Gasteiger partial charge in [-0.25, -0.2) is 0 Å². The van der Waals surface area contributed by atoms with Crippen molar-refractivity contribution >= 4 is 12.4 Å². The Hall–Kier alpha value is -0.570. The lowest BCUT2D eigenvalue weighted by molar-refractivity contribution is 0.192. The molecule has 1 aromatic rings. The lowest BCUT2D eigenvalue weighted by atomic mass is 10.00. The van der Waals surface area contributed by atoms with Crippen molar-refractivity contribution in [1.29, 1.82) is 0 Å². The molecule has 0 amide bonds. The van der Waals surface area contributed by atoms with E-state index >= 15 is 0 Å². The average Bonchev–Trinajstić information content (AvgIpc) is 2.64. The van der Waals surface area contributed by atoms with Gasteiger partial charge in [-0.3, -0.25) is 4.90 Å². The summed E-state index contributed by atoms with van der Waals surface area (Å²) in [6.45, 7) is 5.99. The van der Waals surface area contributed by atoms with E-state index in [2.05, 4.69) is 47.5 Å². The van der Waals surface area contributed by atoms with E-state index in [1.807, 2.05) is 0 Å². The van der Waals surface area contributed by atoms with Gasteiger partial charge in [0.1, 0.15) is 0 Å². The molecular formula is C16H25ClN2. The maximum atomic E-state index is 3.58. The van der Waals surface area contributed by atoms with Crippen LogP contribution in [-0.4, -0.2) is 36.6 Å². The summed E-state index contributed by atoms with van der Waals surface area (Å²) in [6.07, 6.45) is 4.13. The van der Waals surface area contributed by atoms with Crippen molar-refractivity contribution in [3.05, 3.63) is 35.9 Å². The molecule has 2 heterocycles. The van der Waals surface area contributed by atoms with Gasteiger partial charge >= 0.3 is 0 Å². The second kappa shape index (κ2) is 6.74. The number of rotatable bonds is 3. The molecule has 19 heavy (non-hydrogen) atoms. The number of hydrogen-bond acceptors (Lipinski definition) is 2. The first kappa shape index (κ1) is 14.8. The van der Waals surface area contributed by atoms with Crippen molar-refractivity contribution < 1.29 is 0 Å². The summed E-state index contributed by atoms with van der Waals surface area (Å²) in [7, 11) is 0. The summed E-state index contributed by atoms with van der Waals surface area (Å²) >= 11 is 0. The predicted octanol–water partition coefficient (Wildman–Crippen LogP) is 3.04. The van der Waals surface area contributed by atoms with Gasteiger partial charge < -0.3 is 5.32 Å². The molecular weight excluding hydrogens is 256 g/mol. The third kappa shape index (κ3) is 3.31. The Bertz CT molecular complexity index is 368. The third-order valence-corrected chi connectivity index (χ3v) is 4.66. The normalized spacial score (nSPS) is 28.5. The Kier molecular flexibility index (Phi) is 5.26. The first-order chi connectivity index (χ1) is 8.84. The molecule has 106 valence electrons. The van der Waals surface area contributed by atoms with Gasteiger partial charge in [0.25, 0.3) is 0 Å². The van der Waals surface area contributed by atoms with Gasteiger partial charge in [0, 0.05) is 25.2 Å². The van der Waals surface area contributed by atoms with Crippen LogP contribution >= 0.6 is 12.4 Å². The standard InChI is InChI=1S/C16H24N2.ClH/c1-13(14-5-3-2-4-6-14)12-18-15-7-8-16(18)11-17-10-9-15;/h2-6,13,15-17H,7-12H2,1H3;1H. The van der Waals surface area contributed by atoms with Crippen LogP contribution in [0.5, 0.6) is 0 Å². The topological polar surface area (TPSA) is 15.3 Å². The zero-order chi connectivity index (χ0) is 12.4. The minimum Gasteiger partial charge on any atom is -0.315 e. The highest BCUT2D eigenvalue weighted by atomic mass is 35.5. The maximum absolute atomic E-state index is 3.58. The van der Waals surface area contributed by atoms with Crippen LogP contribution in [0, 0.1) is 0 Å². The molecule has 1 aromatic carbocycles. The predicted molar refractivity (Wildman–Crippen MR) is 83.1 cm³/mol. The van der Waals surface area contributed by atoms with E-state index in [1.54, 1.807) is 0 Å². The first-order valence-electron chi connectivity index (χ1n) is 7.36. The number of nitrogens with one attached hydrogen (secondary N) is 1. The van der Waals surface area contributed by atoms with Crippen LogP contribution in [0.25, 0.3) is 0 Å².